The third-order valence-electron chi connectivity index (χ3n) is 1.50. The van der Waals surface area contributed by atoms with Crippen molar-refractivity contribution in [2.45, 2.75) is 13.0 Å². The molecular formula is C8H8F3N. The van der Waals surface area contributed by atoms with Crippen LogP contribution in [0.5, 0.6) is 0 Å². The Morgan fingerprint density at radius 3 is 1.92 bits per heavy atom. The Hall–Kier alpha value is -1.03. The highest BCUT2D eigenvalue weighted by molar-refractivity contribution is 5.23. The van der Waals surface area contributed by atoms with Gasteiger partial charge in [-0.2, -0.15) is 0 Å². The van der Waals surface area contributed by atoms with Crippen LogP contribution in [0.3, 0.4) is 0 Å². The van der Waals surface area contributed by atoms with E-state index >= 15 is 0 Å². The average molecular weight is 175 g/mol. The molecule has 0 aliphatic heterocycles. The summed E-state index contributed by atoms with van der Waals surface area (Å²) in [4.78, 5) is 0. The molecule has 0 saturated carbocycles. The van der Waals surface area contributed by atoms with Crippen molar-refractivity contribution in [3.63, 3.8) is 0 Å². The van der Waals surface area contributed by atoms with Gasteiger partial charge in [0.05, 0.1) is 0 Å². The Bertz CT molecular complexity index is 273. The molecule has 1 nitrogen and oxygen atoms in total. The molecule has 66 valence electrons. The third-order valence-corrected chi connectivity index (χ3v) is 1.50. The fraction of sp³-hybridized carbons (Fsp3) is 0.250. The molecule has 12 heavy (non-hydrogen) atoms. The van der Waals surface area contributed by atoms with Crippen molar-refractivity contribution in [2.75, 3.05) is 0 Å². The summed E-state index contributed by atoms with van der Waals surface area (Å²) < 4.78 is 38.0. The lowest BCUT2D eigenvalue weighted by Gasteiger charge is -2.07. The summed E-state index contributed by atoms with van der Waals surface area (Å²) in [5.41, 5.74) is 4.98. The molecule has 4 heteroatoms. The van der Waals surface area contributed by atoms with Gasteiger partial charge in [-0.25, -0.2) is 13.2 Å². The topological polar surface area (TPSA) is 26.0 Å². The molecule has 0 bridgehead atoms. The molecule has 0 fully saturated rings. The lowest BCUT2D eigenvalue weighted by Crippen LogP contribution is -2.10. The van der Waals surface area contributed by atoms with E-state index in [1.165, 1.54) is 6.92 Å². The van der Waals surface area contributed by atoms with Crippen LogP contribution in [-0.4, -0.2) is 0 Å². The van der Waals surface area contributed by atoms with Gasteiger partial charge < -0.3 is 5.73 Å². The maximum atomic E-state index is 12.8. The molecule has 0 amide bonds. The number of rotatable bonds is 1. The van der Waals surface area contributed by atoms with Gasteiger partial charge in [-0.05, 0) is 6.92 Å². The van der Waals surface area contributed by atoms with Gasteiger partial charge >= 0.3 is 0 Å². The van der Waals surface area contributed by atoms with Crippen molar-refractivity contribution in [1.29, 1.82) is 0 Å². The largest absolute Gasteiger partial charge is 0.324 e. The summed E-state index contributed by atoms with van der Waals surface area (Å²) in [6.45, 7) is 1.43. The Balaban J connectivity index is 3.28. The minimum Gasteiger partial charge on any atom is -0.324 e. The van der Waals surface area contributed by atoms with Crippen LogP contribution in [0.4, 0.5) is 13.2 Å². The van der Waals surface area contributed by atoms with Gasteiger partial charge in [0, 0.05) is 23.7 Å². The van der Waals surface area contributed by atoms with Crippen LogP contribution < -0.4 is 5.73 Å². The number of benzene rings is 1. The normalized spacial score (nSPS) is 13.1. The summed E-state index contributed by atoms with van der Waals surface area (Å²) >= 11 is 0. The highest BCUT2D eigenvalue weighted by Gasteiger charge is 2.14. The molecule has 0 aromatic heterocycles. The molecule has 0 aliphatic carbocycles. The molecule has 0 aliphatic rings. The number of halogens is 3. The van der Waals surface area contributed by atoms with Gasteiger partial charge in [-0.15, -0.1) is 0 Å². The monoisotopic (exact) mass is 175 g/mol. The molecule has 0 unspecified atom stereocenters. The number of nitrogens with two attached hydrogens (primary N) is 1. The van der Waals surface area contributed by atoms with Crippen molar-refractivity contribution in [2.24, 2.45) is 5.73 Å². The van der Waals surface area contributed by atoms with E-state index in [2.05, 4.69) is 0 Å². The minimum absolute atomic E-state index is 0.281. The van der Waals surface area contributed by atoms with Crippen molar-refractivity contribution in [3.8, 4) is 0 Å². The first-order valence-corrected chi connectivity index (χ1v) is 3.42. The molecular weight excluding hydrogens is 167 g/mol. The minimum atomic E-state index is -0.942. The fourth-order valence-electron chi connectivity index (χ4n) is 0.988. The standard InChI is InChI=1S/C8H8F3N/c1-4(12)8-6(10)2-5(9)3-7(8)11/h2-4H,12H2,1H3/t4-/m1/s1. The second-order valence-electron chi connectivity index (χ2n) is 2.57. The van der Waals surface area contributed by atoms with Crippen molar-refractivity contribution in [3.05, 3.63) is 35.1 Å². The number of hydrogen-bond acceptors (Lipinski definition) is 1. The van der Waals surface area contributed by atoms with Crippen molar-refractivity contribution < 1.29 is 13.2 Å². The van der Waals surface area contributed by atoms with Gasteiger partial charge in [0.2, 0.25) is 0 Å². The van der Waals surface area contributed by atoms with Crippen LogP contribution >= 0.6 is 0 Å². The zero-order valence-corrected chi connectivity index (χ0v) is 6.44. The van der Waals surface area contributed by atoms with E-state index in [-0.39, 0.29) is 5.56 Å². The summed E-state index contributed by atoms with van der Waals surface area (Å²) in [7, 11) is 0. The summed E-state index contributed by atoms with van der Waals surface area (Å²) in [5, 5.41) is 0. The lowest BCUT2D eigenvalue weighted by atomic mass is 10.1. The molecule has 0 spiro atoms. The quantitative estimate of drug-likeness (QED) is 0.695. The van der Waals surface area contributed by atoms with Crippen molar-refractivity contribution >= 4 is 0 Å². The molecule has 0 heterocycles. The number of hydrogen-bond donors (Lipinski definition) is 1. The maximum Gasteiger partial charge on any atom is 0.133 e. The van der Waals surface area contributed by atoms with Crippen LogP contribution in [0.15, 0.2) is 12.1 Å². The van der Waals surface area contributed by atoms with Crippen LogP contribution in [0.25, 0.3) is 0 Å². The zero-order chi connectivity index (χ0) is 9.30. The van der Waals surface area contributed by atoms with E-state index in [0.29, 0.717) is 12.1 Å². The SMILES string of the molecule is C[C@@H](N)c1c(F)cc(F)cc1F. The van der Waals surface area contributed by atoms with E-state index in [1.54, 1.807) is 0 Å². The third kappa shape index (κ3) is 1.58. The van der Waals surface area contributed by atoms with Gasteiger partial charge in [0.25, 0.3) is 0 Å². The molecule has 2 N–H and O–H groups in total. The summed E-state index contributed by atoms with van der Waals surface area (Å²) in [6, 6.07) is 0.453. The Labute approximate surface area is 68.0 Å². The molecule has 1 aromatic carbocycles. The van der Waals surface area contributed by atoms with E-state index < -0.39 is 23.5 Å². The van der Waals surface area contributed by atoms with Crippen molar-refractivity contribution in [1.82, 2.24) is 0 Å². The Kier molecular flexibility index (Phi) is 2.38. The predicted octanol–water partition coefficient (Wildman–Crippen LogP) is 2.12. The van der Waals surface area contributed by atoms with E-state index in [4.69, 9.17) is 5.73 Å². The molecule has 1 rings (SSSR count). The second kappa shape index (κ2) is 3.15. The van der Waals surface area contributed by atoms with Gasteiger partial charge in [0.15, 0.2) is 0 Å². The van der Waals surface area contributed by atoms with E-state index in [0.717, 1.165) is 0 Å². The van der Waals surface area contributed by atoms with Gasteiger partial charge in [0.1, 0.15) is 17.5 Å². The molecule has 1 atom stereocenters. The molecule has 0 radical (unpaired) electrons. The smallest absolute Gasteiger partial charge is 0.133 e. The van der Waals surface area contributed by atoms with Gasteiger partial charge in [-0.3, -0.25) is 0 Å². The first-order chi connectivity index (χ1) is 5.52. The summed E-state index contributed by atoms with van der Waals surface area (Å²) in [5.74, 6) is -2.82. The van der Waals surface area contributed by atoms with Gasteiger partial charge in [-0.1, -0.05) is 0 Å². The van der Waals surface area contributed by atoms with Crippen LogP contribution in [0, 0.1) is 17.5 Å². The maximum absolute atomic E-state index is 12.8. The van der Waals surface area contributed by atoms with E-state index in [1.807, 2.05) is 0 Å². The highest BCUT2D eigenvalue weighted by atomic mass is 19.1. The first-order valence-electron chi connectivity index (χ1n) is 3.42. The Morgan fingerprint density at radius 1 is 1.17 bits per heavy atom. The zero-order valence-electron chi connectivity index (χ0n) is 6.44. The van der Waals surface area contributed by atoms with E-state index in [9.17, 15) is 13.2 Å². The lowest BCUT2D eigenvalue weighted by molar-refractivity contribution is 0.510. The molecule has 0 saturated heterocycles. The Morgan fingerprint density at radius 2 is 1.58 bits per heavy atom. The average Bonchev–Trinajstić information content (AvgIpc) is 1.82. The fourth-order valence-corrected chi connectivity index (χ4v) is 0.988. The summed E-state index contributed by atoms with van der Waals surface area (Å²) in [6.07, 6.45) is 0. The second-order valence-corrected chi connectivity index (χ2v) is 2.57. The van der Waals surface area contributed by atoms with Crippen LogP contribution in [-0.2, 0) is 0 Å². The van der Waals surface area contributed by atoms with Crippen LogP contribution in [0.1, 0.15) is 18.5 Å². The molecule has 1 aromatic rings. The van der Waals surface area contributed by atoms with Crippen LogP contribution in [0.2, 0.25) is 0 Å². The predicted molar refractivity (Wildman–Crippen MR) is 38.9 cm³/mol. The highest BCUT2D eigenvalue weighted by Crippen LogP contribution is 2.19. The first kappa shape index (κ1) is 9.06.